The first-order valence-corrected chi connectivity index (χ1v) is 21.0. The summed E-state index contributed by atoms with van der Waals surface area (Å²) in [6, 6.07) is 10.4. The molecule has 1 aliphatic rings. The molecule has 6 unspecified atom stereocenters. The van der Waals surface area contributed by atoms with E-state index in [4.69, 9.17) is 19.0 Å². The summed E-state index contributed by atoms with van der Waals surface area (Å²) in [5.74, 6) is -1.04. The second-order valence-electron chi connectivity index (χ2n) is 19.9. The summed E-state index contributed by atoms with van der Waals surface area (Å²) < 4.78 is 58.3. The van der Waals surface area contributed by atoms with Gasteiger partial charge in [0.15, 0.2) is 6.61 Å². The highest BCUT2D eigenvalue weighted by Crippen LogP contribution is 2.58. The Morgan fingerprint density at radius 2 is 1.52 bits per heavy atom. The Balaban J connectivity index is 2.69. The molecule has 0 amide bonds. The molecule has 2 rings (SSSR count). The van der Waals surface area contributed by atoms with Crippen LogP contribution in [0.2, 0.25) is 0 Å². The fourth-order valence-electron chi connectivity index (χ4n) is 8.58. The highest BCUT2D eigenvalue weighted by molar-refractivity contribution is 5.84. The first-order valence-electron chi connectivity index (χ1n) is 21.0. The van der Waals surface area contributed by atoms with Crippen LogP contribution in [0.5, 0.6) is 0 Å². The summed E-state index contributed by atoms with van der Waals surface area (Å²) in [6.07, 6.45) is -0.407. The van der Waals surface area contributed by atoms with Crippen LogP contribution < -0.4 is 0 Å². The number of nitrogens with zero attached hydrogens (tertiary/aromatic N) is 1. The molecule has 0 N–H and O–H groups in total. The van der Waals surface area contributed by atoms with Gasteiger partial charge in [0.2, 0.25) is 0 Å². The molecular formula is C46H78F3NO6. The normalized spacial score (nSPS) is 24.1. The summed E-state index contributed by atoms with van der Waals surface area (Å²) in [5.41, 5.74) is -4.55. The summed E-state index contributed by atoms with van der Waals surface area (Å²) in [4.78, 5) is 34.9. The minimum atomic E-state index is -4.71. The number of rotatable bonds is 22. The summed E-state index contributed by atoms with van der Waals surface area (Å²) in [6.45, 7) is 32.0. The number of Topliss-reactive ketones (excluding diaryl/α,β-unsaturated/α-hetero) is 1. The van der Waals surface area contributed by atoms with Crippen molar-refractivity contribution in [1.29, 1.82) is 0 Å². The zero-order valence-electron chi connectivity index (χ0n) is 37.9. The lowest BCUT2D eigenvalue weighted by molar-refractivity contribution is -0.358. The van der Waals surface area contributed by atoms with Crippen molar-refractivity contribution in [2.24, 2.45) is 33.5 Å². The highest BCUT2D eigenvalue weighted by atomic mass is 19.4. The third-order valence-corrected chi connectivity index (χ3v) is 14.8. The molecule has 1 aromatic rings. The van der Waals surface area contributed by atoms with E-state index in [2.05, 4.69) is 79.7 Å². The quantitative estimate of drug-likeness (QED) is 0.0657. The van der Waals surface area contributed by atoms with Crippen LogP contribution in [-0.4, -0.2) is 66.3 Å². The number of ether oxygens (including phenoxy) is 3. The Kier molecular flexibility index (Phi) is 16.9. The van der Waals surface area contributed by atoms with Crippen LogP contribution in [0.1, 0.15) is 167 Å². The number of halogens is 3. The molecule has 1 heterocycles. The van der Waals surface area contributed by atoms with E-state index in [1.54, 1.807) is 20.8 Å². The van der Waals surface area contributed by atoms with Gasteiger partial charge < -0.3 is 14.2 Å². The third kappa shape index (κ3) is 11.4. The Morgan fingerprint density at radius 3 is 2.04 bits per heavy atom. The molecule has 10 heteroatoms. The predicted octanol–water partition coefficient (Wildman–Crippen LogP) is 12.1. The van der Waals surface area contributed by atoms with Gasteiger partial charge in [0, 0.05) is 18.9 Å². The van der Waals surface area contributed by atoms with Crippen molar-refractivity contribution >= 4 is 11.8 Å². The standard InChI is InChI=1S/C46H78F3NO6/c1-17-20-26-53-32-54-29-36(27-39(6,7)33(4)35-24-22-21-23-25-35)41(10,11)40(8,9)30-44(15,38(52)55-31-46(47,48)49)42(12,13)56-50-43(14,18-2)28-37(51)34(5)45(50,16)19-3/h21-25,33-34,36H,17-20,26-32H2,1-16H3. The first kappa shape index (κ1) is 50.1. The Bertz CT molecular complexity index is 1410. The highest BCUT2D eigenvalue weighted by Gasteiger charge is 2.61. The number of benzene rings is 1. The van der Waals surface area contributed by atoms with Crippen LogP contribution in [-0.2, 0) is 28.6 Å². The average Bonchev–Trinajstić information content (AvgIpc) is 3.11. The molecule has 0 bridgehead atoms. The predicted molar refractivity (Wildman–Crippen MR) is 219 cm³/mol. The lowest BCUT2D eigenvalue weighted by Gasteiger charge is -2.60. The van der Waals surface area contributed by atoms with Gasteiger partial charge in [-0.05, 0) is 100 Å². The minimum Gasteiger partial charge on any atom is -0.456 e. The van der Waals surface area contributed by atoms with Gasteiger partial charge in [-0.3, -0.25) is 14.4 Å². The number of esters is 1. The maximum absolute atomic E-state index is 14.4. The number of carbonyl (C=O) groups excluding carboxylic acids is 2. The van der Waals surface area contributed by atoms with E-state index < -0.39 is 51.7 Å². The molecule has 0 aromatic heterocycles. The number of unbranched alkanes of at least 4 members (excludes halogenated alkanes) is 1. The molecule has 0 radical (unpaired) electrons. The number of piperidine rings is 1. The Labute approximate surface area is 338 Å². The first-order chi connectivity index (χ1) is 25.5. The van der Waals surface area contributed by atoms with E-state index in [0.29, 0.717) is 26.1 Å². The van der Waals surface area contributed by atoms with E-state index in [0.717, 1.165) is 19.3 Å². The van der Waals surface area contributed by atoms with E-state index in [9.17, 15) is 22.8 Å². The Hall–Kier alpha value is -2.01. The second kappa shape index (κ2) is 18.9. The zero-order chi connectivity index (χ0) is 43.2. The molecule has 6 atom stereocenters. The fraction of sp³-hybridized carbons (Fsp3) is 0.826. The Morgan fingerprint density at radius 1 is 0.929 bits per heavy atom. The number of hydrogen-bond acceptors (Lipinski definition) is 7. The fourth-order valence-corrected chi connectivity index (χ4v) is 8.58. The van der Waals surface area contributed by atoms with Gasteiger partial charge in [-0.25, -0.2) is 0 Å². The molecule has 0 spiro atoms. The number of ketones is 1. The molecule has 0 aliphatic carbocycles. The zero-order valence-corrected chi connectivity index (χ0v) is 37.9. The number of alkyl halides is 3. The molecule has 7 nitrogen and oxygen atoms in total. The lowest BCUT2D eigenvalue weighted by atomic mass is 9.52. The van der Waals surface area contributed by atoms with Crippen LogP contribution in [0.3, 0.4) is 0 Å². The van der Waals surface area contributed by atoms with Crippen molar-refractivity contribution in [1.82, 2.24) is 5.06 Å². The molecule has 56 heavy (non-hydrogen) atoms. The van der Waals surface area contributed by atoms with Crippen molar-refractivity contribution in [3.8, 4) is 0 Å². The molecule has 0 saturated carbocycles. The van der Waals surface area contributed by atoms with E-state index in [1.807, 2.05) is 45.7 Å². The maximum Gasteiger partial charge on any atom is 0.422 e. The van der Waals surface area contributed by atoms with Gasteiger partial charge >= 0.3 is 12.1 Å². The van der Waals surface area contributed by atoms with Crippen LogP contribution in [0.4, 0.5) is 13.2 Å². The molecule has 1 fully saturated rings. The van der Waals surface area contributed by atoms with Gasteiger partial charge in [-0.1, -0.05) is 113 Å². The molecule has 324 valence electrons. The maximum atomic E-state index is 14.4. The minimum absolute atomic E-state index is 0.0476. The van der Waals surface area contributed by atoms with Crippen molar-refractivity contribution in [2.75, 3.05) is 26.6 Å². The van der Waals surface area contributed by atoms with E-state index in [1.165, 1.54) is 5.56 Å². The molecular weight excluding hydrogens is 720 g/mol. The van der Waals surface area contributed by atoms with Crippen molar-refractivity contribution in [2.45, 2.75) is 184 Å². The molecule has 1 saturated heterocycles. The topological polar surface area (TPSA) is 74.3 Å². The second-order valence-corrected chi connectivity index (χ2v) is 19.9. The van der Waals surface area contributed by atoms with Gasteiger partial charge in [-0.15, -0.1) is 0 Å². The molecule has 1 aliphatic heterocycles. The lowest BCUT2D eigenvalue weighted by Crippen LogP contribution is -2.69. The number of hydrogen-bond donors (Lipinski definition) is 0. The van der Waals surface area contributed by atoms with Crippen molar-refractivity contribution in [3.05, 3.63) is 35.9 Å². The van der Waals surface area contributed by atoms with Crippen LogP contribution in [0, 0.1) is 33.5 Å². The van der Waals surface area contributed by atoms with Gasteiger partial charge in [-0.2, -0.15) is 18.2 Å². The van der Waals surface area contributed by atoms with Crippen LogP contribution >= 0.6 is 0 Å². The van der Waals surface area contributed by atoms with E-state index in [-0.39, 0.29) is 48.6 Å². The van der Waals surface area contributed by atoms with E-state index >= 15 is 0 Å². The number of hydroxylamine groups is 2. The van der Waals surface area contributed by atoms with Crippen LogP contribution in [0.15, 0.2) is 30.3 Å². The SMILES string of the molecule is CCCCOCOCC(CC(C)(C)C(C)c1ccccc1)C(C)(C)C(C)(C)CC(C)(C(=O)OCC(F)(F)F)C(C)(C)ON1C(C)(CC)CC(=O)C(C)C1(C)CC. The smallest absolute Gasteiger partial charge is 0.422 e. The van der Waals surface area contributed by atoms with Crippen molar-refractivity contribution < 1.29 is 41.8 Å². The summed E-state index contributed by atoms with van der Waals surface area (Å²) in [5, 5.41) is 1.90. The van der Waals surface area contributed by atoms with Gasteiger partial charge in [0.1, 0.15) is 18.2 Å². The summed E-state index contributed by atoms with van der Waals surface area (Å²) in [7, 11) is 0. The van der Waals surface area contributed by atoms with Gasteiger partial charge in [0.05, 0.1) is 23.1 Å². The average molecular weight is 798 g/mol. The largest absolute Gasteiger partial charge is 0.456 e. The third-order valence-electron chi connectivity index (χ3n) is 14.8. The van der Waals surface area contributed by atoms with Crippen LogP contribution in [0.25, 0.3) is 0 Å². The van der Waals surface area contributed by atoms with Gasteiger partial charge in [0.25, 0.3) is 0 Å². The number of carbonyl (C=O) groups is 2. The molecule has 1 aromatic carbocycles. The van der Waals surface area contributed by atoms with Crippen molar-refractivity contribution in [3.63, 3.8) is 0 Å². The monoisotopic (exact) mass is 798 g/mol. The summed E-state index contributed by atoms with van der Waals surface area (Å²) >= 11 is 0.